The molecule has 0 aliphatic rings. The van der Waals surface area contributed by atoms with Gasteiger partial charge in [0.15, 0.2) is 0 Å². The third-order valence-corrected chi connectivity index (χ3v) is 12.9. The van der Waals surface area contributed by atoms with Crippen LogP contribution in [0.2, 0.25) is 19.6 Å². The Kier molecular flexibility index (Phi) is 9.97. The molecular weight excluding hydrogens is 859 g/mol. The minimum atomic E-state index is -1.50. The average molecular weight is 901 g/mol. The summed E-state index contributed by atoms with van der Waals surface area (Å²) in [4.78, 5) is 9.81. The van der Waals surface area contributed by atoms with Gasteiger partial charge in [-0.2, -0.15) is 11.3 Å². The summed E-state index contributed by atoms with van der Waals surface area (Å²) < 4.78 is 13.3. The fourth-order valence-corrected chi connectivity index (χ4v) is 9.95. The molecule has 0 unspecified atom stereocenters. The number of para-hydroxylation sites is 1. The SMILES string of the molecule is Cc1c[c-]c(-c2nc3ccc4ccccc4c3n2-c2ccccc2)c2sc3ccccc3c12.[2H]C(C)(C)c1cc(-c2[c-]cccc2)ncc1[Si](C)(C)C.[Ir]. The van der Waals surface area contributed by atoms with Crippen LogP contribution in [-0.2, 0) is 20.1 Å². The summed E-state index contributed by atoms with van der Waals surface area (Å²) in [5, 5.41) is 6.31. The van der Waals surface area contributed by atoms with Crippen LogP contribution in [0.5, 0.6) is 0 Å². The largest absolute Gasteiger partial charge is 0.333 e. The number of hydrogen-bond donors (Lipinski definition) is 0. The van der Waals surface area contributed by atoms with E-state index in [-0.39, 0.29) is 20.1 Å². The number of hydrogen-bond acceptors (Lipinski definition) is 3. The molecule has 6 heteroatoms. The molecule has 3 aromatic heterocycles. The van der Waals surface area contributed by atoms with Gasteiger partial charge in [-0.3, -0.25) is 4.98 Å². The van der Waals surface area contributed by atoms with Gasteiger partial charge >= 0.3 is 0 Å². The van der Waals surface area contributed by atoms with Gasteiger partial charge in [0, 0.05) is 43.4 Å². The van der Waals surface area contributed by atoms with Gasteiger partial charge in [-0.05, 0) is 56.5 Å². The topological polar surface area (TPSA) is 30.7 Å². The first-order valence-corrected chi connectivity index (χ1v) is 22.1. The van der Waals surface area contributed by atoms with Gasteiger partial charge in [-0.1, -0.05) is 130 Å². The number of imidazole rings is 1. The van der Waals surface area contributed by atoms with Crippen LogP contribution < -0.4 is 5.19 Å². The van der Waals surface area contributed by atoms with Crippen molar-refractivity contribution in [2.45, 2.75) is 46.3 Å². The molecular formula is C47H41IrN3SSi-2. The molecule has 1 radical (unpaired) electrons. The number of aromatic nitrogens is 3. The van der Waals surface area contributed by atoms with Gasteiger partial charge in [0.25, 0.3) is 0 Å². The normalized spacial score (nSPS) is 12.1. The second-order valence-corrected chi connectivity index (χ2v) is 20.6. The van der Waals surface area contributed by atoms with E-state index in [1.54, 1.807) is 0 Å². The number of nitrogens with zero attached hydrogens (tertiary/aromatic N) is 3. The molecule has 3 nitrogen and oxygen atoms in total. The Morgan fingerprint density at radius 1 is 0.811 bits per heavy atom. The Bertz CT molecular complexity index is 2760. The average Bonchev–Trinajstić information content (AvgIpc) is 3.75. The summed E-state index contributed by atoms with van der Waals surface area (Å²) >= 11 is 1.83. The number of pyridine rings is 1. The zero-order valence-electron chi connectivity index (χ0n) is 31.8. The third-order valence-electron chi connectivity index (χ3n) is 9.66. The zero-order chi connectivity index (χ0) is 36.9. The molecule has 53 heavy (non-hydrogen) atoms. The smallest absolute Gasteiger partial charge is 0.0799 e. The molecule has 9 aromatic rings. The summed E-state index contributed by atoms with van der Waals surface area (Å²) in [7, 11) is -1.50. The van der Waals surface area contributed by atoms with E-state index in [2.05, 4.69) is 151 Å². The maximum atomic E-state index is 8.44. The Labute approximate surface area is 332 Å². The van der Waals surface area contributed by atoms with Crippen molar-refractivity contribution in [3.05, 3.63) is 157 Å². The second-order valence-electron chi connectivity index (χ2n) is 14.6. The number of thiophene rings is 1. The zero-order valence-corrected chi connectivity index (χ0v) is 35.0. The van der Waals surface area contributed by atoms with Crippen LogP contribution in [0.4, 0.5) is 0 Å². The monoisotopic (exact) mass is 901 g/mol. The van der Waals surface area contributed by atoms with E-state index in [0.717, 1.165) is 44.9 Å². The van der Waals surface area contributed by atoms with Crippen molar-refractivity contribution >= 4 is 66.6 Å². The molecule has 0 atom stereocenters. The summed E-state index contributed by atoms with van der Waals surface area (Å²) in [6.45, 7) is 13.0. The summed E-state index contributed by atoms with van der Waals surface area (Å²) in [5.74, 6) is 0.325. The van der Waals surface area contributed by atoms with Crippen molar-refractivity contribution in [2.24, 2.45) is 0 Å². The molecule has 0 amide bonds. The summed E-state index contributed by atoms with van der Waals surface area (Å²) in [5.41, 5.74) is 8.53. The quantitative estimate of drug-likeness (QED) is 0.127. The molecule has 0 aliphatic carbocycles. The van der Waals surface area contributed by atoms with E-state index >= 15 is 0 Å². The molecule has 6 aromatic carbocycles. The van der Waals surface area contributed by atoms with Crippen LogP contribution in [0.3, 0.4) is 0 Å². The molecule has 0 bridgehead atoms. The fraction of sp³-hybridized carbons (Fsp3) is 0.149. The van der Waals surface area contributed by atoms with E-state index in [1.807, 2.05) is 55.6 Å². The Morgan fingerprint density at radius 2 is 1.53 bits per heavy atom. The first-order valence-electron chi connectivity index (χ1n) is 18.3. The number of rotatable bonds is 5. The minimum Gasteiger partial charge on any atom is -0.333 e. The van der Waals surface area contributed by atoms with Crippen molar-refractivity contribution in [3.63, 3.8) is 0 Å². The fourth-order valence-electron chi connectivity index (χ4n) is 7.10. The second kappa shape index (κ2) is 15.0. The van der Waals surface area contributed by atoms with Crippen LogP contribution in [0, 0.1) is 19.1 Å². The predicted molar refractivity (Wildman–Crippen MR) is 226 cm³/mol. The molecule has 265 valence electrons. The molecule has 0 saturated heterocycles. The number of benzene rings is 6. The van der Waals surface area contributed by atoms with Crippen molar-refractivity contribution in [2.75, 3.05) is 0 Å². The van der Waals surface area contributed by atoms with Gasteiger partial charge in [0.1, 0.15) is 0 Å². The predicted octanol–water partition coefficient (Wildman–Crippen LogP) is 12.5. The van der Waals surface area contributed by atoms with Crippen LogP contribution in [0.1, 0.15) is 32.2 Å². The van der Waals surface area contributed by atoms with Crippen LogP contribution in [0.25, 0.3) is 70.3 Å². The molecule has 0 spiro atoms. The van der Waals surface area contributed by atoms with E-state index in [4.69, 9.17) is 6.35 Å². The number of aryl methyl sites for hydroxylation is 1. The summed E-state index contributed by atoms with van der Waals surface area (Å²) in [6.07, 6.45) is 1.98. The first kappa shape index (κ1) is 35.3. The van der Waals surface area contributed by atoms with E-state index in [1.165, 1.54) is 41.7 Å². The summed E-state index contributed by atoms with van der Waals surface area (Å²) in [6, 6.07) is 50.9. The minimum absolute atomic E-state index is 0. The van der Waals surface area contributed by atoms with Gasteiger partial charge < -0.3 is 9.55 Å². The molecule has 0 N–H and O–H groups in total. The maximum Gasteiger partial charge on any atom is 0.0799 e. The Balaban J connectivity index is 0.000000186. The molecule has 0 aliphatic heterocycles. The molecule has 9 rings (SSSR count). The molecule has 0 saturated carbocycles. The molecule has 3 heterocycles. The van der Waals surface area contributed by atoms with E-state index < -0.39 is 14.0 Å². The van der Waals surface area contributed by atoms with Crippen molar-refractivity contribution in [3.8, 4) is 28.3 Å². The first-order chi connectivity index (χ1) is 25.5. The van der Waals surface area contributed by atoms with Crippen LogP contribution >= 0.6 is 11.3 Å². The van der Waals surface area contributed by atoms with Gasteiger partial charge in [0.05, 0.1) is 24.9 Å². The van der Waals surface area contributed by atoms with Crippen LogP contribution in [-0.4, -0.2) is 22.6 Å². The van der Waals surface area contributed by atoms with E-state index in [0.29, 0.717) is 0 Å². The van der Waals surface area contributed by atoms with Gasteiger partial charge in [-0.25, -0.2) is 0 Å². The Hall–Kier alpha value is -4.71. The van der Waals surface area contributed by atoms with Gasteiger partial charge in [0.2, 0.25) is 0 Å². The van der Waals surface area contributed by atoms with Crippen LogP contribution in [0.15, 0.2) is 134 Å². The van der Waals surface area contributed by atoms with E-state index in [9.17, 15) is 0 Å². The molecule has 0 fully saturated rings. The standard InChI is InChI=1S/C30H19N2S.C17H22NSi.Ir/c1-19-15-17-24(29-27(19)23-13-7-8-14-26(23)33-29)30-31-25-18-16-20-9-5-6-12-22(20)28(25)32(30)21-10-3-2-4-11-21;1-13(2)15-11-16(14-9-7-6-8-10-14)18-12-17(15)19(3,4)5;/h2-16,18H,1H3;6-9,11-13H,1-5H3;/q2*-1;/i;13D;. The van der Waals surface area contributed by atoms with Crippen molar-refractivity contribution in [1.29, 1.82) is 0 Å². The van der Waals surface area contributed by atoms with Crippen molar-refractivity contribution < 1.29 is 21.5 Å². The van der Waals surface area contributed by atoms with Crippen molar-refractivity contribution in [1.82, 2.24) is 14.5 Å². The third kappa shape index (κ3) is 6.93. The number of fused-ring (bicyclic) bond motifs is 6. The van der Waals surface area contributed by atoms with Gasteiger partial charge in [-0.15, -0.1) is 53.6 Å². The Morgan fingerprint density at radius 3 is 2.26 bits per heavy atom. The maximum absolute atomic E-state index is 8.44.